The molecule has 0 saturated heterocycles. The zero-order valence-electron chi connectivity index (χ0n) is 17.3. The molecule has 1 fully saturated rings. The van der Waals surface area contributed by atoms with Crippen LogP contribution in [0.4, 0.5) is 8.78 Å². The molecule has 1 aromatic carbocycles. The molecule has 1 N–H and O–H groups in total. The number of likely N-dealkylation sites (N-methyl/N-ethyl adjacent to an activating group) is 1. The predicted molar refractivity (Wildman–Crippen MR) is 121 cm³/mol. The van der Waals surface area contributed by atoms with Gasteiger partial charge in [0.2, 0.25) is 0 Å². The van der Waals surface area contributed by atoms with Crippen molar-refractivity contribution in [2.45, 2.75) is 39.8 Å². The van der Waals surface area contributed by atoms with Gasteiger partial charge in [0.05, 0.1) is 19.8 Å². The minimum absolute atomic E-state index is 0. The standard InChI is InChI=1S/C20H31F2N3O3.HI/c1-4-23-20(25(3)10-11-26-14-15-6-7-15)24-13-16-8-9-17(28-19(21)22)18(12-16)27-5-2;/h8-9,12,15,19H,4-7,10-11,13-14H2,1-3H3,(H,23,24);1H. The van der Waals surface area contributed by atoms with Crippen LogP contribution in [0.5, 0.6) is 11.5 Å². The van der Waals surface area contributed by atoms with Gasteiger partial charge < -0.3 is 24.4 Å². The van der Waals surface area contributed by atoms with Crippen LogP contribution in [-0.4, -0.2) is 57.4 Å². The molecule has 0 aromatic heterocycles. The molecule has 1 saturated carbocycles. The first-order valence-corrected chi connectivity index (χ1v) is 9.81. The van der Waals surface area contributed by atoms with Crippen LogP contribution in [0.3, 0.4) is 0 Å². The Morgan fingerprint density at radius 2 is 2.03 bits per heavy atom. The second kappa shape index (κ2) is 13.8. The van der Waals surface area contributed by atoms with E-state index in [1.807, 2.05) is 18.9 Å². The van der Waals surface area contributed by atoms with Crippen molar-refractivity contribution in [3.8, 4) is 11.5 Å². The number of halogens is 3. The maximum absolute atomic E-state index is 12.5. The average Bonchev–Trinajstić information content (AvgIpc) is 3.48. The molecule has 0 amide bonds. The fourth-order valence-corrected chi connectivity index (χ4v) is 2.59. The number of guanidine groups is 1. The van der Waals surface area contributed by atoms with Gasteiger partial charge in [0.15, 0.2) is 17.5 Å². The number of nitrogens with one attached hydrogen (secondary N) is 1. The molecule has 0 unspecified atom stereocenters. The molecule has 1 aliphatic rings. The van der Waals surface area contributed by atoms with Crippen LogP contribution in [0, 0.1) is 5.92 Å². The Kier molecular flexibility index (Phi) is 12.2. The second-order valence-corrected chi connectivity index (χ2v) is 6.70. The SMILES string of the molecule is CCNC(=NCc1ccc(OC(F)F)c(OCC)c1)N(C)CCOCC1CC1.I. The summed E-state index contributed by atoms with van der Waals surface area (Å²) in [5.41, 5.74) is 0.846. The third-order valence-electron chi connectivity index (χ3n) is 4.25. The van der Waals surface area contributed by atoms with Crippen LogP contribution in [0.2, 0.25) is 0 Å². The van der Waals surface area contributed by atoms with Crippen molar-refractivity contribution in [1.82, 2.24) is 10.2 Å². The molecular weight excluding hydrogens is 495 g/mol. The number of alkyl halides is 2. The molecule has 9 heteroatoms. The molecule has 29 heavy (non-hydrogen) atoms. The summed E-state index contributed by atoms with van der Waals surface area (Å²) in [7, 11) is 1.97. The average molecular weight is 527 g/mol. The fourth-order valence-electron chi connectivity index (χ4n) is 2.59. The van der Waals surface area contributed by atoms with Gasteiger partial charge in [0.1, 0.15) is 0 Å². The van der Waals surface area contributed by atoms with Crippen molar-refractivity contribution in [3.05, 3.63) is 23.8 Å². The van der Waals surface area contributed by atoms with E-state index in [1.165, 1.54) is 18.9 Å². The van der Waals surface area contributed by atoms with E-state index in [0.29, 0.717) is 25.5 Å². The summed E-state index contributed by atoms with van der Waals surface area (Å²) in [5, 5.41) is 3.26. The van der Waals surface area contributed by atoms with Gasteiger partial charge in [-0.05, 0) is 50.3 Å². The number of rotatable bonds is 12. The third-order valence-corrected chi connectivity index (χ3v) is 4.25. The van der Waals surface area contributed by atoms with Gasteiger partial charge in [0, 0.05) is 26.7 Å². The van der Waals surface area contributed by atoms with Crippen molar-refractivity contribution in [2.24, 2.45) is 10.9 Å². The van der Waals surface area contributed by atoms with Gasteiger partial charge in [-0.25, -0.2) is 4.99 Å². The highest BCUT2D eigenvalue weighted by molar-refractivity contribution is 14.0. The topological polar surface area (TPSA) is 55.3 Å². The monoisotopic (exact) mass is 527 g/mol. The quantitative estimate of drug-likeness (QED) is 0.192. The Morgan fingerprint density at radius 3 is 2.66 bits per heavy atom. The Bertz CT molecular complexity index is 631. The van der Waals surface area contributed by atoms with Crippen LogP contribution in [-0.2, 0) is 11.3 Å². The summed E-state index contributed by atoms with van der Waals surface area (Å²) in [4.78, 5) is 6.66. The molecule has 1 aromatic rings. The van der Waals surface area contributed by atoms with Gasteiger partial charge in [-0.15, -0.1) is 24.0 Å². The van der Waals surface area contributed by atoms with Crippen molar-refractivity contribution in [3.63, 3.8) is 0 Å². The highest BCUT2D eigenvalue weighted by Gasteiger charge is 2.21. The number of aliphatic imine (C=N–C) groups is 1. The van der Waals surface area contributed by atoms with Gasteiger partial charge in [-0.1, -0.05) is 6.07 Å². The molecule has 6 nitrogen and oxygen atoms in total. The Balaban J connectivity index is 0.00000420. The van der Waals surface area contributed by atoms with Crippen molar-refractivity contribution < 1.29 is 23.0 Å². The second-order valence-electron chi connectivity index (χ2n) is 6.70. The van der Waals surface area contributed by atoms with E-state index in [1.54, 1.807) is 19.1 Å². The van der Waals surface area contributed by atoms with Gasteiger partial charge in [0.25, 0.3) is 0 Å². The van der Waals surface area contributed by atoms with Crippen LogP contribution in [0.1, 0.15) is 32.3 Å². The first-order chi connectivity index (χ1) is 13.5. The lowest BCUT2D eigenvalue weighted by molar-refractivity contribution is -0.0514. The molecule has 166 valence electrons. The third kappa shape index (κ3) is 9.79. The van der Waals surface area contributed by atoms with E-state index in [-0.39, 0.29) is 29.7 Å². The summed E-state index contributed by atoms with van der Waals surface area (Å²) >= 11 is 0. The lowest BCUT2D eigenvalue weighted by atomic mass is 10.2. The van der Waals surface area contributed by atoms with E-state index in [9.17, 15) is 8.78 Å². The Morgan fingerprint density at radius 1 is 1.28 bits per heavy atom. The van der Waals surface area contributed by atoms with E-state index < -0.39 is 6.61 Å². The Labute approximate surface area is 189 Å². The van der Waals surface area contributed by atoms with Crippen molar-refractivity contribution >= 4 is 29.9 Å². The predicted octanol–water partition coefficient (Wildman–Crippen LogP) is 4.13. The first kappa shape index (κ1) is 25.7. The lowest BCUT2D eigenvalue weighted by Gasteiger charge is -2.22. The highest BCUT2D eigenvalue weighted by Crippen LogP contribution is 2.30. The van der Waals surface area contributed by atoms with E-state index in [2.05, 4.69) is 15.0 Å². The molecule has 0 atom stereocenters. The summed E-state index contributed by atoms with van der Waals surface area (Å²) < 4.78 is 40.7. The normalized spacial score (nSPS) is 13.8. The molecule has 0 heterocycles. The summed E-state index contributed by atoms with van der Waals surface area (Å²) in [6.45, 7) is 4.65. The minimum atomic E-state index is -2.89. The van der Waals surface area contributed by atoms with E-state index in [4.69, 9.17) is 9.47 Å². The summed E-state index contributed by atoms with van der Waals surface area (Å²) in [6, 6.07) is 4.89. The van der Waals surface area contributed by atoms with Crippen LogP contribution in [0.25, 0.3) is 0 Å². The molecular formula is C20H32F2IN3O3. The van der Waals surface area contributed by atoms with E-state index in [0.717, 1.165) is 37.1 Å². The molecule has 0 spiro atoms. The number of hydrogen-bond donors (Lipinski definition) is 1. The van der Waals surface area contributed by atoms with Gasteiger partial charge in [-0.2, -0.15) is 8.78 Å². The minimum Gasteiger partial charge on any atom is -0.490 e. The van der Waals surface area contributed by atoms with Gasteiger partial charge >= 0.3 is 6.61 Å². The van der Waals surface area contributed by atoms with E-state index >= 15 is 0 Å². The molecule has 2 rings (SSSR count). The highest BCUT2D eigenvalue weighted by atomic mass is 127. The number of benzene rings is 1. The number of ether oxygens (including phenoxy) is 3. The molecule has 0 aliphatic heterocycles. The number of nitrogens with zero attached hydrogens (tertiary/aromatic N) is 2. The summed E-state index contributed by atoms with van der Waals surface area (Å²) in [6.07, 6.45) is 2.57. The van der Waals surface area contributed by atoms with Crippen LogP contribution >= 0.6 is 24.0 Å². The summed E-state index contributed by atoms with van der Waals surface area (Å²) in [5.74, 6) is 1.84. The maximum Gasteiger partial charge on any atom is 0.387 e. The maximum atomic E-state index is 12.5. The lowest BCUT2D eigenvalue weighted by Crippen LogP contribution is -2.40. The van der Waals surface area contributed by atoms with Crippen LogP contribution < -0.4 is 14.8 Å². The van der Waals surface area contributed by atoms with Crippen molar-refractivity contribution in [2.75, 3.05) is 40.0 Å². The van der Waals surface area contributed by atoms with Crippen LogP contribution in [0.15, 0.2) is 23.2 Å². The molecule has 0 bridgehead atoms. The first-order valence-electron chi connectivity index (χ1n) is 9.81. The molecule has 0 radical (unpaired) electrons. The largest absolute Gasteiger partial charge is 0.490 e. The Hall–Kier alpha value is -1.36. The van der Waals surface area contributed by atoms with Gasteiger partial charge in [-0.3, -0.25) is 0 Å². The smallest absolute Gasteiger partial charge is 0.387 e. The number of hydrogen-bond acceptors (Lipinski definition) is 4. The fraction of sp³-hybridized carbons (Fsp3) is 0.650. The zero-order chi connectivity index (χ0) is 20.4. The molecule has 1 aliphatic carbocycles. The van der Waals surface area contributed by atoms with Crippen molar-refractivity contribution in [1.29, 1.82) is 0 Å². The zero-order valence-corrected chi connectivity index (χ0v) is 19.7.